The number of nitrogens with zero attached hydrogens (tertiary/aromatic N) is 1. The number of rotatable bonds is 6. The van der Waals surface area contributed by atoms with Gasteiger partial charge in [0.05, 0.1) is 23.6 Å². The van der Waals surface area contributed by atoms with Crippen LogP contribution >= 0.6 is 7.60 Å². The molecule has 0 amide bonds. The van der Waals surface area contributed by atoms with Crippen molar-refractivity contribution >= 4 is 12.9 Å². The number of nitrogens with one attached hydrogen (secondary N) is 1. The molecule has 0 aliphatic rings. The van der Waals surface area contributed by atoms with Crippen molar-refractivity contribution in [1.82, 2.24) is 9.78 Å². The van der Waals surface area contributed by atoms with Crippen molar-refractivity contribution in [3.05, 3.63) is 45.9 Å². The van der Waals surface area contributed by atoms with Gasteiger partial charge in [0.1, 0.15) is 0 Å². The second kappa shape index (κ2) is 7.09. The van der Waals surface area contributed by atoms with Crippen molar-refractivity contribution in [1.29, 1.82) is 0 Å². The van der Waals surface area contributed by atoms with E-state index in [1.807, 2.05) is 31.2 Å². The average Bonchev–Trinajstić information content (AvgIpc) is 2.73. The zero-order valence-electron chi connectivity index (χ0n) is 15.0. The van der Waals surface area contributed by atoms with Crippen LogP contribution < -0.4 is 10.9 Å². The maximum absolute atomic E-state index is 13.3. The number of H-pyrrole nitrogens is 1. The van der Waals surface area contributed by atoms with Crippen molar-refractivity contribution < 1.29 is 13.6 Å². The van der Waals surface area contributed by atoms with Gasteiger partial charge in [-0.15, -0.1) is 0 Å². The van der Waals surface area contributed by atoms with Gasteiger partial charge in [0, 0.05) is 0 Å². The van der Waals surface area contributed by atoms with E-state index < -0.39 is 13.2 Å². The third kappa shape index (κ3) is 3.89. The number of aromatic amines is 1. The van der Waals surface area contributed by atoms with Crippen LogP contribution in [0.15, 0.2) is 29.1 Å². The first-order chi connectivity index (χ1) is 11.1. The predicted molar refractivity (Wildman–Crippen MR) is 95.5 cm³/mol. The zero-order valence-corrected chi connectivity index (χ0v) is 15.9. The first kappa shape index (κ1) is 18.7. The van der Waals surface area contributed by atoms with Crippen LogP contribution in [0.5, 0.6) is 0 Å². The van der Waals surface area contributed by atoms with Crippen molar-refractivity contribution in [2.75, 3.05) is 0 Å². The van der Waals surface area contributed by atoms with Gasteiger partial charge in [-0.05, 0) is 53.7 Å². The van der Waals surface area contributed by atoms with Gasteiger partial charge in [0.2, 0.25) is 0 Å². The van der Waals surface area contributed by atoms with E-state index >= 15 is 0 Å². The number of benzene rings is 1. The number of aryl methyl sites for hydroxylation is 2. The highest BCUT2D eigenvalue weighted by molar-refractivity contribution is 7.62. The summed E-state index contributed by atoms with van der Waals surface area (Å²) >= 11 is 0. The Kier molecular flexibility index (Phi) is 5.53. The predicted octanol–water partition coefficient (Wildman–Crippen LogP) is 3.45. The largest absolute Gasteiger partial charge is 0.369 e. The molecule has 0 saturated carbocycles. The lowest BCUT2D eigenvalue weighted by Crippen LogP contribution is -2.31. The van der Waals surface area contributed by atoms with Crippen LogP contribution in [0.25, 0.3) is 5.69 Å². The molecule has 24 heavy (non-hydrogen) atoms. The van der Waals surface area contributed by atoms with Gasteiger partial charge in [0.15, 0.2) is 5.30 Å². The Morgan fingerprint density at radius 1 is 1.00 bits per heavy atom. The van der Waals surface area contributed by atoms with Crippen LogP contribution in [0.4, 0.5) is 0 Å². The Balaban J connectivity index is 2.59. The molecule has 2 rings (SSSR count). The van der Waals surface area contributed by atoms with Crippen LogP contribution in [0, 0.1) is 13.8 Å². The second-order valence-electron chi connectivity index (χ2n) is 6.37. The van der Waals surface area contributed by atoms with Crippen molar-refractivity contribution in [3.8, 4) is 5.69 Å². The highest BCUT2D eigenvalue weighted by Crippen LogP contribution is 2.49. The number of hydrogen-bond acceptors (Lipinski definition) is 4. The third-order valence-corrected chi connectivity index (χ3v) is 5.78. The molecule has 0 spiro atoms. The Bertz CT molecular complexity index is 789. The molecule has 0 bridgehead atoms. The van der Waals surface area contributed by atoms with Gasteiger partial charge in [-0.1, -0.05) is 17.7 Å². The fourth-order valence-electron chi connectivity index (χ4n) is 2.42. The molecule has 0 saturated heterocycles. The molecular weight excluding hydrogens is 327 g/mol. The molecule has 7 heteroatoms. The summed E-state index contributed by atoms with van der Waals surface area (Å²) in [5, 5.41) is 3.03. The zero-order chi connectivity index (χ0) is 18.1. The van der Waals surface area contributed by atoms with Crippen LogP contribution in [-0.2, 0) is 13.6 Å². The summed E-state index contributed by atoms with van der Waals surface area (Å²) in [7, 11) is -3.73. The van der Waals surface area contributed by atoms with Gasteiger partial charge in [-0.2, -0.15) is 0 Å². The normalized spacial score (nSPS) is 12.3. The van der Waals surface area contributed by atoms with Gasteiger partial charge in [-0.25, -0.2) is 4.68 Å². The minimum absolute atomic E-state index is 0.0606. The Labute approximate surface area is 142 Å². The summed E-state index contributed by atoms with van der Waals surface area (Å²) in [5.41, 5.74) is 1.82. The molecule has 1 aromatic carbocycles. The van der Waals surface area contributed by atoms with E-state index in [1.54, 1.807) is 34.6 Å². The monoisotopic (exact) mass is 352 g/mol. The van der Waals surface area contributed by atoms with E-state index in [0.717, 1.165) is 5.56 Å². The molecule has 0 atom stereocenters. The van der Waals surface area contributed by atoms with E-state index in [2.05, 4.69) is 5.10 Å². The molecule has 0 aliphatic heterocycles. The molecule has 132 valence electrons. The van der Waals surface area contributed by atoms with Gasteiger partial charge < -0.3 is 9.05 Å². The Morgan fingerprint density at radius 2 is 1.50 bits per heavy atom. The van der Waals surface area contributed by atoms with E-state index in [9.17, 15) is 9.36 Å². The molecule has 0 unspecified atom stereocenters. The van der Waals surface area contributed by atoms with E-state index in [4.69, 9.17) is 9.05 Å². The molecule has 1 aromatic heterocycles. The molecule has 0 aliphatic carbocycles. The lowest BCUT2D eigenvalue weighted by molar-refractivity contribution is 0.150. The Hall–Kier alpha value is -1.62. The fourth-order valence-corrected chi connectivity index (χ4v) is 4.59. The fraction of sp³-hybridized carbons (Fsp3) is 0.471. The molecule has 1 heterocycles. The van der Waals surface area contributed by atoms with Crippen LogP contribution in [-0.4, -0.2) is 22.0 Å². The summed E-state index contributed by atoms with van der Waals surface area (Å²) in [6, 6.07) is 7.47. The number of hydrogen-bond donors (Lipinski definition) is 1. The molecule has 1 N–H and O–H groups in total. The second-order valence-corrected chi connectivity index (χ2v) is 8.23. The van der Waals surface area contributed by atoms with Crippen LogP contribution in [0.3, 0.4) is 0 Å². The van der Waals surface area contributed by atoms with Gasteiger partial charge >= 0.3 is 7.60 Å². The van der Waals surface area contributed by atoms with Crippen LogP contribution in [0.1, 0.15) is 39.0 Å². The maximum atomic E-state index is 13.3. The van der Waals surface area contributed by atoms with E-state index in [-0.39, 0.29) is 17.5 Å². The maximum Gasteiger partial charge on any atom is 0.369 e. The smallest absolute Gasteiger partial charge is 0.302 e. The molecule has 0 fully saturated rings. The Morgan fingerprint density at radius 3 is 1.96 bits per heavy atom. The quantitative estimate of drug-likeness (QED) is 0.808. The summed E-state index contributed by atoms with van der Waals surface area (Å²) in [4.78, 5) is 12.9. The van der Waals surface area contributed by atoms with Crippen molar-refractivity contribution in [2.45, 2.75) is 53.8 Å². The lowest BCUT2D eigenvalue weighted by Gasteiger charge is -2.21. The van der Waals surface area contributed by atoms with Crippen LogP contribution in [0.2, 0.25) is 0 Å². The number of aromatic nitrogens is 2. The van der Waals surface area contributed by atoms with Crippen molar-refractivity contribution in [3.63, 3.8) is 0 Å². The summed E-state index contributed by atoms with van der Waals surface area (Å²) in [6.45, 7) is 10.7. The highest BCUT2D eigenvalue weighted by atomic mass is 31.2. The standard InChI is InChI=1S/C17H25N2O4P/c1-11(2)22-24(21,23-12(3)4)16-14(6)18-19(17(16)20)15-9-7-13(5)8-10-15/h7-12,18H,1-6H3. The SMILES string of the molecule is Cc1ccc(-n2[nH]c(C)c(P(=O)(OC(C)C)OC(C)C)c2=O)cc1. The average molecular weight is 352 g/mol. The summed E-state index contributed by atoms with van der Waals surface area (Å²) in [5.74, 6) is 0. The summed E-state index contributed by atoms with van der Waals surface area (Å²) < 4.78 is 25.8. The first-order valence-electron chi connectivity index (χ1n) is 8.00. The molecular formula is C17H25N2O4P. The van der Waals surface area contributed by atoms with E-state index in [0.29, 0.717) is 11.4 Å². The molecule has 6 nitrogen and oxygen atoms in total. The first-order valence-corrected chi connectivity index (χ1v) is 9.54. The highest BCUT2D eigenvalue weighted by Gasteiger charge is 2.37. The summed E-state index contributed by atoms with van der Waals surface area (Å²) in [6.07, 6.45) is -0.674. The van der Waals surface area contributed by atoms with Gasteiger partial charge in [-0.3, -0.25) is 14.5 Å². The minimum Gasteiger partial charge on any atom is -0.302 e. The van der Waals surface area contributed by atoms with Gasteiger partial charge in [0.25, 0.3) is 5.56 Å². The lowest BCUT2D eigenvalue weighted by atomic mass is 10.2. The minimum atomic E-state index is -3.73. The third-order valence-electron chi connectivity index (χ3n) is 3.31. The topological polar surface area (TPSA) is 73.3 Å². The molecule has 2 aromatic rings. The molecule has 0 radical (unpaired) electrons. The van der Waals surface area contributed by atoms with Crippen molar-refractivity contribution in [2.24, 2.45) is 0 Å². The van der Waals surface area contributed by atoms with E-state index in [1.165, 1.54) is 4.68 Å².